The zero-order chi connectivity index (χ0) is 14.4. The van der Waals surface area contributed by atoms with Crippen molar-refractivity contribution >= 4 is 11.0 Å². The van der Waals surface area contributed by atoms with Gasteiger partial charge in [-0.1, -0.05) is 39.7 Å². The first-order valence-corrected chi connectivity index (χ1v) is 7.74. The fraction of sp³-hybridized carbons (Fsp3) is 0.529. The van der Waals surface area contributed by atoms with E-state index in [9.17, 15) is 0 Å². The van der Waals surface area contributed by atoms with E-state index in [1.807, 2.05) is 0 Å². The van der Waals surface area contributed by atoms with Gasteiger partial charge in [-0.05, 0) is 36.6 Å². The molecule has 0 aliphatic heterocycles. The number of benzene rings is 1. The lowest BCUT2D eigenvalue weighted by molar-refractivity contribution is 0.342. The smallest absolute Gasteiger partial charge is 0.0890 e. The van der Waals surface area contributed by atoms with E-state index in [0.717, 1.165) is 24.0 Å². The highest BCUT2D eigenvalue weighted by Crippen LogP contribution is 2.28. The normalized spacial score (nSPS) is 13.0. The largest absolute Gasteiger partial charge is 0.310 e. The molecule has 1 aromatic carbocycles. The summed E-state index contributed by atoms with van der Waals surface area (Å²) in [6, 6.07) is 6.88. The summed E-state index contributed by atoms with van der Waals surface area (Å²) in [5, 5.41) is 3.70. The molecule has 0 saturated carbocycles. The maximum atomic E-state index is 4.43. The average Bonchev–Trinajstić information content (AvgIpc) is 2.51. The number of hydrogen-bond acceptors (Lipinski definition) is 3. The second kappa shape index (κ2) is 7.34. The van der Waals surface area contributed by atoms with Crippen LogP contribution in [-0.2, 0) is 0 Å². The predicted molar refractivity (Wildman–Crippen MR) is 84.6 cm³/mol. The quantitative estimate of drug-likeness (QED) is 0.823. The summed E-state index contributed by atoms with van der Waals surface area (Å²) in [5.74, 6) is 0.663. The van der Waals surface area contributed by atoms with Crippen LogP contribution >= 0.6 is 0 Å². The fourth-order valence-corrected chi connectivity index (χ4v) is 2.79. The Bertz CT molecular complexity index is 535. The van der Waals surface area contributed by atoms with Crippen molar-refractivity contribution in [3.05, 3.63) is 36.2 Å². The molecule has 2 rings (SSSR count). The summed E-state index contributed by atoms with van der Waals surface area (Å²) < 4.78 is 0. The molecule has 1 N–H and O–H groups in total. The lowest BCUT2D eigenvalue weighted by Gasteiger charge is -2.27. The lowest BCUT2D eigenvalue weighted by Crippen LogP contribution is -2.28. The Morgan fingerprint density at radius 1 is 1.00 bits per heavy atom. The van der Waals surface area contributed by atoms with Gasteiger partial charge in [0, 0.05) is 18.4 Å². The van der Waals surface area contributed by atoms with Gasteiger partial charge in [0.15, 0.2) is 0 Å². The third kappa shape index (κ3) is 3.34. The molecule has 1 atom stereocenters. The van der Waals surface area contributed by atoms with Crippen molar-refractivity contribution in [1.82, 2.24) is 15.3 Å². The molecule has 20 heavy (non-hydrogen) atoms. The van der Waals surface area contributed by atoms with Gasteiger partial charge in [-0.15, -0.1) is 0 Å². The highest BCUT2D eigenvalue weighted by atomic mass is 14.9. The lowest BCUT2D eigenvalue weighted by atomic mass is 9.88. The van der Waals surface area contributed by atoms with Gasteiger partial charge in [0.2, 0.25) is 0 Å². The van der Waals surface area contributed by atoms with Crippen molar-refractivity contribution in [2.45, 2.75) is 46.1 Å². The molecule has 0 bridgehead atoms. The van der Waals surface area contributed by atoms with Crippen molar-refractivity contribution in [2.75, 3.05) is 6.54 Å². The average molecular weight is 271 g/mol. The molecule has 0 fully saturated rings. The monoisotopic (exact) mass is 271 g/mol. The Hall–Kier alpha value is -1.48. The third-order valence-electron chi connectivity index (χ3n) is 3.99. The first kappa shape index (κ1) is 14.9. The van der Waals surface area contributed by atoms with Gasteiger partial charge in [0.1, 0.15) is 0 Å². The first-order chi connectivity index (χ1) is 9.80. The molecule has 0 spiro atoms. The van der Waals surface area contributed by atoms with Gasteiger partial charge in [-0.2, -0.15) is 0 Å². The van der Waals surface area contributed by atoms with Crippen LogP contribution in [0.5, 0.6) is 0 Å². The number of hydrogen-bond donors (Lipinski definition) is 1. The van der Waals surface area contributed by atoms with Crippen molar-refractivity contribution in [1.29, 1.82) is 0 Å². The van der Waals surface area contributed by atoms with E-state index in [4.69, 9.17) is 0 Å². The van der Waals surface area contributed by atoms with Gasteiger partial charge in [0.05, 0.1) is 11.0 Å². The van der Waals surface area contributed by atoms with E-state index in [1.165, 1.54) is 18.4 Å². The maximum Gasteiger partial charge on any atom is 0.0890 e. The van der Waals surface area contributed by atoms with Crippen molar-refractivity contribution in [3.63, 3.8) is 0 Å². The van der Waals surface area contributed by atoms with Gasteiger partial charge in [0.25, 0.3) is 0 Å². The highest BCUT2D eigenvalue weighted by molar-refractivity contribution is 5.74. The van der Waals surface area contributed by atoms with Crippen molar-refractivity contribution < 1.29 is 0 Å². The summed E-state index contributed by atoms with van der Waals surface area (Å²) in [7, 11) is 0. The summed E-state index contributed by atoms with van der Waals surface area (Å²) in [4.78, 5) is 8.77. The van der Waals surface area contributed by atoms with Crippen LogP contribution in [0.1, 0.15) is 51.6 Å². The number of aromatic nitrogens is 2. The topological polar surface area (TPSA) is 37.8 Å². The molecule has 1 unspecified atom stereocenters. The van der Waals surface area contributed by atoms with E-state index in [0.29, 0.717) is 12.0 Å². The molecule has 1 aromatic heterocycles. The minimum atomic E-state index is 0.413. The van der Waals surface area contributed by atoms with Crippen LogP contribution in [0.2, 0.25) is 0 Å². The highest BCUT2D eigenvalue weighted by Gasteiger charge is 2.20. The van der Waals surface area contributed by atoms with E-state index in [1.54, 1.807) is 12.4 Å². The molecule has 108 valence electrons. The molecule has 3 heteroatoms. The molecular weight excluding hydrogens is 246 g/mol. The Kier molecular flexibility index (Phi) is 5.48. The minimum absolute atomic E-state index is 0.413. The van der Waals surface area contributed by atoms with Gasteiger partial charge < -0.3 is 5.32 Å². The van der Waals surface area contributed by atoms with Crippen LogP contribution in [0.3, 0.4) is 0 Å². The third-order valence-corrected chi connectivity index (χ3v) is 3.99. The van der Waals surface area contributed by atoms with Crippen LogP contribution in [0.15, 0.2) is 30.6 Å². The van der Waals surface area contributed by atoms with Gasteiger partial charge in [-0.25, -0.2) is 0 Å². The van der Waals surface area contributed by atoms with Crippen LogP contribution < -0.4 is 5.32 Å². The van der Waals surface area contributed by atoms with Gasteiger partial charge in [-0.3, -0.25) is 9.97 Å². The van der Waals surface area contributed by atoms with Crippen molar-refractivity contribution in [3.8, 4) is 0 Å². The summed E-state index contributed by atoms with van der Waals surface area (Å²) in [6.07, 6.45) is 7.05. The Balaban J connectivity index is 2.33. The van der Waals surface area contributed by atoms with E-state index >= 15 is 0 Å². The molecule has 0 amide bonds. The zero-order valence-corrected chi connectivity index (χ0v) is 12.8. The Morgan fingerprint density at radius 3 is 2.35 bits per heavy atom. The number of fused-ring (bicyclic) bond motifs is 1. The molecule has 2 aromatic rings. The Morgan fingerprint density at radius 2 is 1.70 bits per heavy atom. The van der Waals surface area contributed by atoms with Crippen LogP contribution in [-0.4, -0.2) is 16.5 Å². The molecule has 3 nitrogen and oxygen atoms in total. The van der Waals surface area contributed by atoms with E-state index in [2.05, 4.69) is 54.3 Å². The number of rotatable bonds is 7. The molecule has 0 aliphatic carbocycles. The molecular formula is C17H25N3. The first-order valence-electron chi connectivity index (χ1n) is 7.74. The van der Waals surface area contributed by atoms with Crippen LogP contribution in [0, 0.1) is 5.92 Å². The second-order valence-corrected chi connectivity index (χ2v) is 5.31. The minimum Gasteiger partial charge on any atom is -0.310 e. The van der Waals surface area contributed by atoms with Crippen LogP contribution in [0.4, 0.5) is 0 Å². The van der Waals surface area contributed by atoms with E-state index in [-0.39, 0.29) is 0 Å². The maximum absolute atomic E-state index is 4.43. The van der Waals surface area contributed by atoms with Gasteiger partial charge >= 0.3 is 0 Å². The standard InChI is InChI=1S/C17H25N3/c1-4-9-20-17(13(5-2)6-3)14-7-8-15-16(12-14)19-11-10-18-15/h7-8,10-13,17,20H,4-6,9H2,1-3H3. The molecule has 0 saturated heterocycles. The number of nitrogens with zero attached hydrogens (tertiary/aromatic N) is 2. The van der Waals surface area contributed by atoms with E-state index < -0.39 is 0 Å². The number of nitrogens with one attached hydrogen (secondary N) is 1. The summed E-state index contributed by atoms with van der Waals surface area (Å²) in [6.45, 7) is 7.81. The predicted octanol–water partition coefficient (Wildman–Crippen LogP) is 4.11. The molecule has 0 aliphatic rings. The van der Waals surface area contributed by atoms with Crippen LogP contribution in [0.25, 0.3) is 11.0 Å². The SMILES string of the molecule is CCCNC(c1ccc2nccnc2c1)C(CC)CC. The summed E-state index contributed by atoms with van der Waals surface area (Å²) in [5.41, 5.74) is 3.29. The zero-order valence-electron chi connectivity index (χ0n) is 12.8. The summed E-state index contributed by atoms with van der Waals surface area (Å²) >= 11 is 0. The van der Waals surface area contributed by atoms with Crippen molar-refractivity contribution in [2.24, 2.45) is 5.92 Å². The Labute approximate surface area is 121 Å². The molecule has 1 heterocycles. The second-order valence-electron chi connectivity index (χ2n) is 5.31. The molecule has 0 radical (unpaired) electrons. The fourth-order valence-electron chi connectivity index (χ4n) is 2.79.